The molecule has 0 unspecified atom stereocenters. The molecule has 196 valence electrons. The van der Waals surface area contributed by atoms with Crippen LogP contribution in [0.2, 0.25) is 0 Å². The van der Waals surface area contributed by atoms with Crippen LogP contribution in [0, 0.1) is 0 Å². The van der Waals surface area contributed by atoms with E-state index in [2.05, 4.69) is 44.8 Å². The molecule has 2 aromatic heterocycles. The first kappa shape index (κ1) is 24.5. The predicted octanol–water partition coefficient (Wildman–Crippen LogP) is 4.09. The van der Waals surface area contributed by atoms with Crippen molar-refractivity contribution in [2.75, 3.05) is 44.3 Å². The second-order valence-electron chi connectivity index (χ2n) is 9.91. The summed E-state index contributed by atoms with van der Waals surface area (Å²) in [7, 11) is 0. The number of ether oxygens (including phenoxy) is 2. The van der Waals surface area contributed by atoms with E-state index in [0.29, 0.717) is 24.8 Å². The van der Waals surface area contributed by atoms with Gasteiger partial charge in [-0.25, -0.2) is 14.6 Å². The van der Waals surface area contributed by atoms with Crippen molar-refractivity contribution in [3.05, 3.63) is 66.4 Å². The fraction of sp³-hybridized carbons (Fsp3) is 0.379. The average Bonchev–Trinajstić information content (AvgIpc) is 3.38. The first-order chi connectivity index (χ1) is 18.6. The summed E-state index contributed by atoms with van der Waals surface area (Å²) in [5.74, 6) is 1.69. The fourth-order valence-corrected chi connectivity index (χ4v) is 5.32. The largest absolute Gasteiger partial charge is 0.427 e. The number of esters is 1. The minimum absolute atomic E-state index is 0.283. The van der Waals surface area contributed by atoms with Crippen LogP contribution in [-0.4, -0.2) is 70.0 Å². The molecule has 4 heterocycles. The highest BCUT2D eigenvalue weighted by atomic mass is 16.5. The summed E-state index contributed by atoms with van der Waals surface area (Å²) in [5.41, 5.74) is 3.08. The zero-order chi connectivity index (χ0) is 25.9. The van der Waals surface area contributed by atoms with Crippen LogP contribution in [0.15, 0.2) is 60.8 Å². The molecule has 2 saturated heterocycles. The Bertz CT molecular complexity index is 1390. The van der Waals surface area contributed by atoms with E-state index in [1.165, 1.54) is 12.5 Å². The van der Waals surface area contributed by atoms with E-state index in [1.807, 2.05) is 18.3 Å². The number of anilines is 1. The van der Waals surface area contributed by atoms with Gasteiger partial charge in [-0.2, -0.15) is 5.10 Å². The van der Waals surface area contributed by atoms with Gasteiger partial charge < -0.3 is 14.4 Å². The highest BCUT2D eigenvalue weighted by molar-refractivity contribution is 5.89. The van der Waals surface area contributed by atoms with Crippen molar-refractivity contribution in [2.45, 2.75) is 32.4 Å². The molecule has 0 spiro atoms. The molecule has 2 aliphatic rings. The molecular weight excluding hydrogens is 480 g/mol. The van der Waals surface area contributed by atoms with Crippen molar-refractivity contribution in [3.8, 4) is 17.1 Å². The van der Waals surface area contributed by atoms with Gasteiger partial charge in [0.2, 0.25) is 0 Å². The summed E-state index contributed by atoms with van der Waals surface area (Å²) in [6, 6.07) is 18.3. The molecule has 9 nitrogen and oxygen atoms in total. The van der Waals surface area contributed by atoms with Crippen molar-refractivity contribution in [3.63, 3.8) is 0 Å². The lowest BCUT2D eigenvalue weighted by molar-refractivity contribution is -0.131. The van der Waals surface area contributed by atoms with Gasteiger partial charge in [-0.05, 0) is 42.7 Å². The third-order valence-electron chi connectivity index (χ3n) is 7.27. The fourth-order valence-electron chi connectivity index (χ4n) is 5.32. The number of hydrogen-bond acceptors (Lipinski definition) is 8. The van der Waals surface area contributed by atoms with Crippen molar-refractivity contribution in [2.24, 2.45) is 0 Å². The first-order valence-corrected chi connectivity index (χ1v) is 13.3. The number of morpholine rings is 1. The number of benzene rings is 2. The van der Waals surface area contributed by atoms with E-state index in [9.17, 15) is 4.79 Å². The van der Waals surface area contributed by atoms with E-state index >= 15 is 0 Å². The molecule has 9 heteroatoms. The second-order valence-corrected chi connectivity index (χ2v) is 9.91. The van der Waals surface area contributed by atoms with E-state index < -0.39 is 0 Å². The van der Waals surface area contributed by atoms with Crippen molar-refractivity contribution in [1.82, 2.24) is 24.6 Å². The van der Waals surface area contributed by atoms with Gasteiger partial charge in [0.1, 0.15) is 11.6 Å². The Morgan fingerprint density at radius 3 is 2.42 bits per heavy atom. The van der Waals surface area contributed by atoms with E-state index in [0.717, 1.165) is 68.0 Å². The molecule has 38 heavy (non-hydrogen) atoms. The number of carbonyl (C=O) groups excluding carboxylic acids is 1. The zero-order valence-corrected chi connectivity index (χ0v) is 21.6. The molecule has 2 fully saturated rings. The van der Waals surface area contributed by atoms with Gasteiger partial charge in [0.15, 0.2) is 11.5 Å². The molecule has 2 aromatic carbocycles. The summed E-state index contributed by atoms with van der Waals surface area (Å²) >= 11 is 0. The van der Waals surface area contributed by atoms with Crippen LogP contribution < -0.4 is 9.64 Å². The Morgan fingerprint density at radius 2 is 1.71 bits per heavy atom. The van der Waals surface area contributed by atoms with E-state index in [-0.39, 0.29) is 12.0 Å². The first-order valence-electron chi connectivity index (χ1n) is 13.3. The van der Waals surface area contributed by atoms with Gasteiger partial charge in [-0.15, -0.1) is 0 Å². The van der Waals surface area contributed by atoms with Crippen LogP contribution in [-0.2, 0) is 16.1 Å². The smallest absolute Gasteiger partial charge is 0.308 e. The van der Waals surface area contributed by atoms with Crippen LogP contribution in [0.3, 0.4) is 0 Å². The number of aromatic nitrogens is 4. The number of piperidine rings is 1. The van der Waals surface area contributed by atoms with Crippen molar-refractivity contribution < 1.29 is 14.3 Å². The second kappa shape index (κ2) is 10.9. The van der Waals surface area contributed by atoms with Crippen molar-refractivity contribution in [1.29, 1.82) is 0 Å². The number of carbonyl (C=O) groups is 1. The lowest BCUT2D eigenvalue weighted by Gasteiger charge is -2.32. The SMILES string of the molecule is CC(=O)Oc1ccc(-c2nc(N3CCOCC3)c3cnn(C4CCN(Cc5ccccc5)CC4)c3n2)cc1. The summed E-state index contributed by atoms with van der Waals surface area (Å²) in [5, 5.41) is 5.82. The van der Waals surface area contributed by atoms with Gasteiger partial charge in [0.25, 0.3) is 0 Å². The minimum atomic E-state index is -0.344. The maximum Gasteiger partial charge on any atom is 0.308 e. The molecule has 0 aliphatic carbocycles. The summed E-state index contributed by atoms with van der Waals surface area (Å²) < 4.78 is 12.9. The number of rotatable bonds is 6. The normalized spacial score (nSPS) is 17.1. The highest BCUT2D eigenvalue weighted by Crippen LogP contribution is 2.32. The molecule has 0 amide bonds. The van der Waals surface area contributed by atoms with E-state index in [1.54, 1.807) is 12.1 Å². The van der Waals surface area contributed by atoms with Gasteiger partial charge in [-0.1, -0.05) is 30.3 Å². The Kier molecular flexibility index (Phi) is 7.02. The van der Waals surface area contributed by atoms with Crippen LogP contribution in [0.5, 0.6) is 5.75 Å². The summed E-state index contributed by atoms with van der Waals surface area (Å²) in [6.07, 6.45) is 3.96. The van der Waals surface area contributed by atoms with Crippen LogP contribution in [0.25, 0.3) is 22.4 Å². The number of nitrogens with zero attached hydrogens (tertiary/aromatic N) is 6. The summed E-state index contributed by atoms with van der Waals surface area (Å²) in [6.45, 7) is 7.31. The van der Waals surface area contributed by atoms with Gasteiger partial charge in [0.05, 0.1) is 30.8 Å². The quantitative estimate of drug-likeness (QED) is 0.282. The Labute approximate surface area is 222 Å². The molecule has 0 N–H and O–H groups in total. The maximum absolute atomic E-state index is 11.3. The molecule has 6 rings (SSSR count). The van der Waals surface area contributed by atoms with Crippen LogP contribution >= 0.6 is 0 Å². The zero-order valence-electron chi connectivity index (χ0n) is 21.6. The van der Waals surface area contributed by atoms with Gasteiger partial charge in [-0.3, -0.25) is 9.69 Å². The molecular formula is C29H32N6O3. The summed E-state index contributed by atoms with van der Waals surface area (Å²) in [4.78, 5) is 26.1. The van der Waals surface area contributed by atoms with E-state index in [4.69, 9.17) is 24.5 Å². The van der Waals surface area contributed by atoms with Crippen molar-refractivity contribution >= 4 is 22.8 Å². The lowest BCUT2D eigenvalue weighted by Crippen LogP contribution is -2.37. The maximum atomic E-state index is 11.3. The highest BCUT2D eigenvalue weighted by Gasteiger charge is 2.26. The van der Waals surface area contributed by atoms with Gasteiger partial charge in [0, 0.05) is 45.2 Å². The molecule has 0 bridgehead atoms. The Hall–Kier alpha value is -3.82. The lowest BCUT2D eigenvalue weighted by atomic mass is 10.0. The Morgan fingerprint density at radius 1 is 0.974 bits per heavy atom. The standard InChI is InChI=1S/C29H32N6O3/c1-21(36)38-25-9-7-23(8-10-25)27-31-28(34-15-17-37-18-16-34)26-19-30-35(29(26)32-27)24-11-13-33(14-12-24)20-22-5-3-2-4-6-22/h2-10,19,24H,11-18,20H2,1H3. The third-order valence-corrected chi connectivity index (χ3v) is 7.27. The Balaban J connectivity index is 1.30. The third kappa shape index (κ3) is 5.25. The molecule has 2 aliphatic heterocycles. The van der Waals surface area contributed by atoms with Crippen LogP contribution in [0.1, 0.15) is 31.4 Å². The molecule has 0 saturated carbocycles. The number of fused-ring (bicyclic) bond motifs is 1. The number of hydrogen-bond donors (Lipinski definition) is 0. The molecule has 4 aromatic rings. The molecule has 0 atom stereocenters. The topological polar surface area (TPSA) is 85.6 Å². The van der Waals surface area contributed by atoms with Gasteiger partial charge >= 0.3 is 5.97 Å². The predicted molar refractivity (Wildman–Crippen MR) is 145 cm³/mol. The monoisotopic (exact) mass is 512 g/mol. The minimum Gasteiger partial charge on any atom is -0.427 e. The molecule has 0 radical (unpaired) electrons. The number of likely N-dealkylation sites (tertiary alicyclic amines) is 1. The average molecular weight is 513 g/mol. The van der Waals surface area contributed by atoms with Crippen LogP contribution in [0.4, 0.5) is 5.82 Å².